The second kappa shape index (κ2) is 5.51. The van der Waals surface area contributed by atoms with E-state index in [1.54, 1.807) is 6.20 Å². The summed E-state index contributed by atoms with van der Waals surface area (Å²) < 4.78 is 11.5. The molecule has 0 saturated carbocycles. The number of hydrogen-bond acceptors (Lipinski definition) is 4. The Morgan fingerprint density at radius 2 is 2.25 bits per heavy atom. The predicted molar refractivity (Wildman–Crippen MR) is 77.8 cm³/mol. The lowest BCUT2D eigenvalue weighted by molar-refractivity contribution is 0.286. The fraction of sp³-hybridized carbons (Fsp3) is 0.312. The number of benzene rings is 1. The van der Waals surface area contributed by atoms with Crippen LogP contribution in [0.5, 0.6) is 11.5 Å². The van der Waals surface area contributed by atoms with Crippen LogP contribution in [0, 0.1) is 0 Å². The third kappa shape index (κ3) is 2.60. The second-order valence-corrected chi connectivity index (χ2v) is 5.09. The van der Waals surface area contributed by atoms with Gasteiger partial charge in [-0.2, -0.15) is 0 Å². The van der Waals surface area contributed by atoms with E-state index >= 15 is 0 Å². The van der Waals surface area contributed by atoms with Gasteiger partial charge in [0.15, 0.2) is 0 Å². The van der Waals surface area contributed by atoms with Crippen LogP contribution in [-0.2, 0) is 6.61 Å². The van der Waals surface area contributed by atoms with Crippen LogP contribution < -0.4 is 15.2 Å². The zero-order chi connectivity index (χ0) is 13.9. The number of nitrogens with two attached hydrogens (primary N) is 1. The first-order valence-electron chi connectivity index (χ1n) is 6.82. The number of hydrogen-bond donors (Lipinski definition) is 1. The Labute approximate surface area is 118 Å². The maximum Gasteiger partial charge on any atom is 0.131 e. The van der Waals surface area contributed by atoms with Crippen LogP contribution in [-0.4, -0.2) is 17.6 Å². The molecule has 2 heterocycles. The van der Waals surface area contributed by atoms with E-state index in [1.165, 1.54) is 5.56 Å². The van der Waals surface area contributed by atoms with Crippen molar-refractivity contribution in [2.45, 2.75) is 26.0 Å². The average molecular weight is 270 g/mol. The molecular formula is C16H18N2O2. The van der Waals surface area contributed by atoms with Crippen molar-refractivity contribution < 1.29 is 9.47 Å². The Kier molecular flexibility index (Phi) is 3.56. The van der Waals surface area contributed by atoms with Gasteiger partial charge in [-0.1, -0.05) is 0 Å². The van der Waals surface area contributed by atoms with Crippen molar-refractivity contribution in [3.8, 4) is 22.6 Å². The first-order valence-corrected chi connectivity index (χ1v) is 6.82. The van der Waals surface area contributed by atoms with Crippen molar-refractivity contribution in [2.24, 2.45) is 5.73 Å². The van der Waals surface area contributed by atoms with Gasteiger partial charge < -0.3 is 15.2 Å². The summed E-state index contributed by atoms with van der Waals surface area (Å²) in [6, 6.07) is 8.13. The van der Waals surface area contributed by atoms with Gasteiger partial charge in [-0.05, 0) is 37.1 Å². The number of rotatable bonds is 4. The summed E-state index contributed by atoms with van der Waals surface area (Å²) in [7, 11) is 0. The summed E-state index contributed by atoms with van der Waals surface area (Å²) in [6.45, 7) is 3.15. The predicted octanol–water partition coefficient (Wildman–Crippen LogP) is 2.76. The lowest BCUT2D eigenvalue weighted by Gasteiger charge is -2.21. The van der Waals surface area contributed by atoms with Gasteiger partial charge in [-0.25, -0.2) is 0 Å². The van der Waals surface area contributed by atoms with E-state index in [0.717, 1.165) is 29.0 Å². The second-order valence-electron chi connectivity index (χ2n) is 5.09. The van der Waals surface area contributed by atoms with Gasteiger partial charge in [0.25, 0.3) is 0 Å². The molecule has 0 unspecified atom stereocenters. The minimum absolute atomic E-state index is 0.156. The summed E-state index contributed by atoms with van der Waals surface area (Å²) in [5.74, 6) is 1.68. The van der Waals surface area contributed by atoms with E-state index in [9.17, 15) is 0 Å². The van der Waals surface area contributed by atoms with Crippen LogP contribution in [0.3, 0.4) is 0 Å². The highest BCUT2D eigenvalue weighted by Crippen LogP contribution is 2.39. The van der Waals surface area contributed by atoms with Crippen LogP contribution in [0.15, 0.2) is 36.7 Å². The number of aromatic nitrogens is 1. The van der Waals surface area contributed by atoms with Crippen molar-refractivity contribution in [2.75, 3.05) is 6.61 Å². The van der Waals surface area contributed by atoms with Gasteiger partial charge in [-0.3, -0.25) is 4.98 Å². The SMILES string of the molecule is C[C@@H](N)CCOc1ccc2c(c1)OCc1cnccc1-2. The van der Waals surface area contributed by atoms with E-state index in [0.29, 0.717) is 13.2 Å². The first-order chi connectivity index (χ1) is 9.74. The molecule has 0 aliphatic carbocycles. The highest BCUT2D eigenvalue weighted by molar-refractivity contribution is 5.75. The summed E-state index contributed by atoms with van der Waals surface area (Å²) in [5.41, 5.74) is 9.10. The normalized spacial score (nSPS) is 13.9. The molecule has 0 fully saturated rings. The molecule has 20 heavy (non-hydrogen) atoms. The van der Waals surface area contributed by atoms with Crippen molar-refractivity contribution in [3.05, 3.63) is 42.2 Å². The molecule has 0 bridgehead atoms. The molecule has 2 N–H and O–H groups in total. The molecule has 1 aromatic heterocycles. The summed E-state index contributed by atoms with van der Waals surface area (Å²) in [6.07, 6.45) is 4.50. The molecule has 1 aliphatic rings. The van der Waals surface area contributed by atoms with E-state index in [-0.39, 0.29) is 6.04 Å². The summed E-state index contributed by atoms with van der Waals surface area (Å²) in [4.78, 5) is 4.13. The van der Waals surface area contributed by atoms with Crippen molar-refractivity contribution in [1.29, 1.82) is 0 Å². The van der Waals surface area contributed by atoms with E-state index in [2.05, 4.69) is 4.98 Å². The standard InChI is InChI=1S/C16H18N2O2/c1-11(17)5-7-19-13-2-3-15-14-4-6-18-9-12(14)10-20-16(15)8-13/h2-4,6,8-9,11H,5,7,10,17H2,1H3/t11-/m1/s1. The molecule has 104 valence electrons. The number of fused-ring (bicyclic) bond motifs is 3. The Bertz CT molecular complexity index is 611. The molecule has 1 aliphatic heterocycles. The van der Waals surface area contributed by atoms with E-state index in [4.69, 9.17) is 15.2 Å². The number of pyridine rings is 1. The number of ether oxygens (including phenoxy) is 2. The fourth-order valence-electron chi connectivity index (χ4n) is 2.26. The third-order valence-electron chi connectivity index (χ3n) is 3.37. The molecule has 4 nitrogen and oxygen atoms in total. The molecule has 1 aromatic carbocycles. The Morgan fingerprint density at radius 3 is 3.10 bits per heavy atom. The van der Waals surface area contributed by atoms with Gasteiger partial charge in [0, 0.05) is 35.6 Å². The smallest absolute Gasteiger partial charge is 0.131 e. The molecule has 3 rings (SSSR count). The van der Waals surface area contributed by atoms with Crippen LogP contribution >= 0.6 is 0 Å². The molecule has 2 aromatic rings. The molecule has 4 heteroatoms. The van der Waals surface area contributed by atoms with Crippen LogP contribution in [0.1, 0.15) is 18.9 Å². The molecular weight excluding hydrogens is 252 g/mol. The highest BCUT2D eigenvalue weighted by atomic mass is 16.5. The van der Waals surface area contributed by atoms with Crippen molar-refractivity contribution in [3.63, 3.8) is 0 Å². The third-order valence-corrected chi connectivity index (χ3v) is 3.37. The number of nitrogens with zero attached hydrogens (tertiary/aromatic N) is 1. The summed E-state index contributed by atoms with van der Waals surface area (Å²) in [5, 5.41) is 0. The minimum Gasteiger partial charge on any atom is -0.493 e. The quantitative estimate of drug-likeness (QED) is 0.928. The van der Waals surface area contributed by atoms with Gasteiger partial charge in [0.05, 0.1) is 6.61 Å². The topological polar surface area (TPSA) is 57.4 Å². The van der Waals surface area contributed by atoms with Gasteiger partial charge in [-0.15, -0.1) is 0 Å². The zero-order valence-corrected chi connectivity index (χ0v) is 11.5. The maximum atomic E-state index is 5.77. The molecule has 1 atom stereocenters. The van der Waals surface area contributed by atoms with Crippen LogP contribution in [0.2, 0.25) is 0 Å². The Hall–Kier alpha value is -2.07. The van der Waals surface area contributed by atoms with Gasteiger partial charge in [0.2, 0.25) is 0 Å². The molecule has 0 saturated heterocycles. The van der Waals surface area contributed by atoms with Gasteiger partial charge >= 0.3 is 0 Å². The first kappa shape index (κ1) is 12.9. The highest BCUT2D eigenvalue weighted by Gasteiger charge is 2.17. The zero-order valence-electron chi connectivity index (χ0n) is 11.5. The Balaban J connectivity index is 1.81. The van der Waals surface area contributed by atoms with Crippen LogP contribution in [0.4, 0.5) is 0 Å². The molecule has 0 radical (unpaired) electrons. The van der Waals surface area contributed by atoms with Crippen LogP contribution in [0.25, 0.3) is 11.1 Å². The average Bonchev–Trinajstić information content (AvgIpc) is 2.46. The van der Waals surface area contributed by atoms with Gasteiger partial charge in [0.1, 0.15) is 18.1 Å². The molecule has 0 amide bonds. The minimum atomic E-state index is 0.156. The summed E-state index contributed by atoms with van der Waals surface area (Å²) >= 11 is 0. The lowest BCUT2D eigenvalue weighted by atomic mass is 9.99. The largest absolute Gasteiger partial charge is 0.493 e. The van der Waals surface area contributed by atoms with E-state index in [1.807, 2.05) is 37.4 Å². The Morgan fingerprint density at radius 1 is 1.35 bits per heavy atom. The van der Waals surface area contributed by atoms with E-state index < -0.39 is 0 Å². The lowest BCUT2D eigenvalue weighted by Crippen LogP contribution is -2.18. The van der Waals surface area contributed by atoms with Crippen molar-refractivity contribution >= 4 is 0 Å². The monoisotopic (exact) mass is 270 g/mol. The fourth-order valence-corrected chi connectivity index (χ4v) is 2.26. The molecule has 0 spiro atoms. The maximum absolute atomic E-state index is 5.77. The van der Waals surface area contributed by atoms with Crippen molar-refractivity contribution in [1.82, 2.24) is 4.98 Å².